The summed E-state index contributed by atoms with van der Waals surface area (Å²) in [5.41, 5.74) is 5.56. The van der Waals surface area contributed by atoms with E-state index in [1.54, 1.807) is 0 Å². The Kier molecular flexibility index (Phi) is 5.49. The highest BCUT2D eigenvalue weighted by atomic mass is 15.2. The number of nitrogens with zero attached hydrogens (tertiary/aromatic N) is 2. The van der Waals surface area contributed by atoms with Crippen molar-refractivity contribution in [1.82, 2.24) is 15.2 Å². The summed E-state index contributed by atoms with van der Waals surface area (Å²) in [5.74, 6) is 2.34. The number of H-pyrrole nitrogens is 1. The minimum atomic E-state index is 0.547. The molecule has 0 amide bonds. The molecule has 1 heterocycles. The zero-order valence-electron chi connectivity index (χ0n) is 15.2. The Labute approximate surface area is 145 Å². The van der Waals surface area contributed by atoms with Crippen LogP contribution in [0, 0.1) is 6.92 Å². The molecule has 0 fully saturated rings. The first-order chi connectivity index (χ1) is 11.7. The van der Waals surface area contributed by atoms with E-state index < -0.39 is 0 Å². The molecule has 0 spiro atoms. The Morgan fingerprint density at radius 3 is 2.75 bits per heavy atom. The third kappa shape index (κ3) is 3.95. The Morgan fingerprint density at radius 2 is 2.04 bits per heavy atom. The summed E-state index contributed by atoms with van der Waals surface area (Å²) in [5, 5.41) is 8.52. The van der Waals surface area contributed by atoms with Crippen LogP contribution < -0.4 is 0 Å². The fourth-order valence-corrected chi connectivity index (χ4v) is 3.67. The zero-order valence-corrected chi connectivity index (χ0v) is 15.2. The highest BCUT2D eigenvalue weighted by molar-refractivity contribution is 5.62. The molecule has 3 rings (SSSR count). The van der Waals surface area contributed by atoms with Crippen molar-refractivity contribution >= 4 is 0 Å². The first kappa shape index (κ1) is 16.9. The van der Waals surface area contributed by atoms with Gasteiger partial charge in [0.15, 0.2) is 5.82 Å². The predicted octanol–water partition coefficient (Wildman–Crippen LogP) is 5.73. The highest BCUT2D eigenvalue weighted by Crippen LogP contribution is 2.34. The van der Waals surface area contributed by atoms with Gasteiger partial charge in [-0.05, 0) is 63.1 Å². The van der Waals surface area contributed by atoms with Gasteiger partial charge in [0.2, 0.25) is 0 Å². The van der Waals surface area contributed by atoms with Gasteiger partial charge >= 0.3 is 0 Å². The molecule has 1 aromatic carbocycles. The molecule has 0 saturated heterocycles. The summed E-state index contributed by atoms with van der Waals surface area (Å²) >= 11 is 0. The number of benzene rings is 1. The fourth-order valence-electron chi connectivity index (χ4n) is 3.67. The molecule has 3 heteroatoms. The minimum Gasteiger partial charge on any atom is -0.325 e. The van der Waals surface area contributed by atoms with Gasteiger partial charge in [0, 0.05) is 11.5 Å². The normalized spacial score (nSPS) is 17.8. The average Bonchev–Trinajstić information content (AvgIpc) is 3.01. The van der Waals surface area contributed by atoms with E-state index in [0.29, 0.717) is 5.92 Å². The van der Waals surface area contributed by atoms with Gasteiger partial charge in [-0.15, -0.1) is 10.2 Å². The zero-order chi connectivity index (χ0) is 16.9. The van der Waals surface area contributed by atoms with E-state index >= 15 is 0 Å². The van der Waals surface area contributed by atoms with Crippen molar-refractivity contribution in [3.05, 3.63) is 46.8 Å². The highest BCUT2D eigenvalue weighted by Gasteiger charge is 2.17. The van der Waals surface area contributed by atoms with Crippen LogP contribution in [0.2, 0.25) is 0 Å². The van der Waals surface area contributed by atoms with Gasteiger partial charge in [-0.3, -0.25) is 0 Å². The third-order valence-electron chi connectivity index (χ3n) is 5.04. The van der Waals surface area contributed by atoms with Crippen molar-refractivity contribution < 1.29 is 0 Å². The Bertz CT molecular complexity index is 712. The van der Waals surface area contributed by atoms with E-state index in [2.05, 4.69) is 53.3 Å². The molecule has 1 aliphatic rings. The summed E-state index contributed by atoms with van der Waals surface area (Å²) in [7, 11) is 0. The third-order valence-corrected chi connectivity index (χ3v) is 5.04. The van der Waals surface area contributed by atoms with Gasteiger partial charge < -0.3 is 4.98 Å². The van der Waals surface area contributed by atoms with E-state index in [-0.39, 0.29) is 0 Å². The predicted molar refractivity (Wildman–Crippen MR) is 100 cm³/mol. The van der Waals surface area contributed by atoms with Crippen molar-refractivity contribution in [3.63, 3.8) is 0 Å². The van der Waals surface area contributed by atoms with Crippen molar-refractivity contribution in [2.75, 3.05) is 0 Å². The van der Waals surface area contributed by atoms with Crippen LogP contribution in [-0.4, -0.2) is 15.2 Å². The first-order valence-electron chi connectivity index (χ1n) is 9.37. The van der Waals surface area contributed by atoms with E-state index in [0.717, 1.165) is 18.1 Å². The number of hydrogen-bond acceptors (Lipinski definition) is 2. The molecule has 1 unspecified atom stereocenters. The summed E-state index contributed by atoms with van der Waals surface area (Å²) in [6, 6.07) is 6.99. The first-order valence-corrected chi connectivity index (χ1v) is 9.37. The summed E-state index contributed by atoms with van der Waals surface area (Å²) < 4.78 is 0. The second-order valence-electron chi connectivity index (χ2n) is 7.14. The Morgan fingerprint density at radius 1 is 1.17 bits per heavy atom. The molecule has 0 saturated carbocycles. The number of nitrogens with one attached hydrogen (secondary N) is 1. The molecule has 128 valence electrons. The number of aromatic amines is 1. The van der Waals surface area contributed by atoms with Crippen LogP contribution in [0.15, 0.2) is 29.8 Å². The number of rotatable bonds is 6. The van der Waals surface area contributed by atoms with E-state index in [1.807, 2.05) is 6.92 Å². The van der Waals surface area contributed by atoms with Crippen LogP contribution in [0.3, 0.4) is 0 Å². The molecular formula is C21H29N3. The van der Waals surface area contributed by atoms with E-state index in [1.165, 1.54) is 60.8 Å². The largest absolute Gasteiger partial charge is 0.325 e. The Balaban J connectivity index is 1.94. The SMILES string of the molecule is CCCCCc1ccc(C2C=C(C)CCC2)cc1-c1nnc(C)[nH]1. The average molecular weight is 323 g/mol. The molecule has 3 nitrogen and oxygen atoms in total. The smallest absolute Gasteiger partial charge is 0.161 e. The Hall–Kier alpha value is -1.90. The molecule has 1 aromatic heterocycles. The van der Waals surface area contributed by atoms with Crippen molar-refractivity contribution in [1.29, 1.82) is 0 Å². The van der Waals surface area contributed by atoms with Crippen molar-refractivity contribution in [2.45, 2.75) is 71.6 Å². The molecule has 1 N–H and O–H groups in total. The lowest BCUT2D eigenvalue weighted by Gasteiger charge is -2.21. The topological polar surface area (TPSA) is 41.6 Å². The quantitative estimate of drug-likeness (QED) is 0.545. The number of hydrogen-bond donors (Lipinski definition) is 1. The van der Waals surface area contributed by atoms with E-state index in [9.17, 15) is 0 Å². The molecule has 0 aliphatic heterocycles. The van der Waals surface area contributed by atoms with Crippen LogP contribution in [-0.2, 0) is 6.42 Å². The molecule has 0 bridgehead atoms. The van der Waals surface area contributed by atoms with Crippen LogP contribution in [0.1, 0.15) is 75.2 Å². The van der Waals surface area contributed by atoms with Crippen molar-refractivity contribution in [2.24, 2.45) is 0 Å². The maximum atomic E-state index is 4.36. The molecule has 24 heavy (non-hydrogen) atoms. The number of aryl methyl sites for hydroxylation is 2. The molecule has 0 radical (unpaired) electrons. The van der Waals surface area contributed by atoms with Gasteiger partial charge in [-0.2, -0.15) is 0 Å². The van der Waals surface area contributed by atoms with Crippen molar-refractivity contribution in [3.8, 4) is 11.4 Å². The van der Waals surface area contributed by atoms with Crippen LogP contribution in [0.25, 0.3) is 11.4 Å². The molecule has 1 aliphatic carbocycles. The minimum absolute atomic E-state index is 0.547. The second-order valence-corrected chi connectivity index (χ2v) is 7.14. The van der Waals surface area contributed by atoms with Crippen LogP contribution in [0.4, 0.5) is 0 Å². The van der Waals surface area contributed by atoms with Gasteiger partial charge in [-0.1, -0.05) is 43.5 Å². The summed E-state index contributed by atoms with van der Waals surface area (Å²) in [6.07, 6.45) is 11.1. The molecule has 1 atom stereocenters. The lowest BCUT2D eigenvalue weighted by molar-refractivity contribution is 0.633. The summed E-state index contributed by atoms with van der Waals surface area (Å²) in [6.45, 7) is 6.47. The monoisotopic (exact) mass is 323 g/mol. The van der Waals surface area contributed by atoms with Crippen LogP contribution >= 0.6 is 0 Å². The standard InChI is InChI=1S/C21H29N3/c1-4-5-6-9-17-11-12-19(18-10-7-8-15(2)13-18)14-20(17)21-22-16(3)23-24-21/h11-14,18H,4-10H2,1-3H3,(H,22,23,24). The number of aromatic nitrogens is 3. The van der Waals surface area contributed by atoms with Gasteiger partial charge in [-0.25, -0.2) is 0 Å². The fraction of sp³-hybridized carbons (Fsp3) is 0.524. The second kappa shape index (κ2) is 7.78. The van der Waals surface area contributed by atoms with Gasteiger partial charge in [0.1, 0.15) is 5.82 Å². The maximum absolute atomic E-state index is 4.36. The lowest BCUT2D eigenvalue weighted by atomic mass is 9.84. The molecule has 2 aromatic rings. The van der Waals surface area contributed by atoms with Gasteiger partial charge in [0.25, 0.3) is 0 Å². The van der Waals surface area contributed by atoms with Crippen LogP contribution in [0.5, 0.6) is 0 Å². The number of allylic oxidation sites excluding steroid dienone is 2. The molecular weight excluding hydrogens is 294 g/mol. The van der Waals surface area contributed by atoms with E-state index in [4.69, 9.17) is 0 Å². The van der Waals surface area contributed by atoms with Gasteiger partial charge in [0.05, 0.1) is 0 Å². The lowest BCUT2D eigenvalue weighted by Crippen LogP contribution is -2.03. The number of unbranched alkanes of at least 4 members (excludes halogenated alkanes) is 2. The summed E-state index contributed by atoms with van der Waals surface area (Å²) in [4.78, 5) is 3.32. The maximum Gasteiger partial charge on any atom is 0.161 e.